The maximum absolute atomic E-state index is 9.85. The first-order chi connectivity index (χ1) is 3.73. The summed E-state index contributed by atoms with van der Waals surface area (Å²) in [6.07, 6.45) is 6.04. The molecule has 0 radical (unpaired) electrons. The first kappa shape index (κ1) is 11.8. The van der Waals surface area contributed by atoms with E-state index in [0.717, 1.165) is 0 Å². The van der Waals surface area contributed by atoms with Crippen molar-refractivity contribution in [1.29, 1.82) is 4.78 Å². The summed E-state index contributed by atoms with van der Waals surface area (Å²) in [6, 6.07) is 0. The van der Waals surface area contributed by atoms with Crippen LogP contribution in [0.1, 0.15) is 0 Å². The minimum absolute atomic E-state index is 0.611. The Kier molecular flexibility index (Phi) is 6.49. The Labute approximate surface area is 59.3 Å². The van der Waals surface area contributed by atoms with E-state index in [9.17, 15) is 8.42 Å². The summed E-state index contributed by atoms with van der Waals surface area (Å²) in [4.78, 5) is 0. The summed E-state index contributed by atoms with van der Waals surface area (Å²) >= 11 is 0. The van der Waals surface area contributed by atoms with Crippen LogP contribution >= 0.6 is 0 Å². The molecular weight excluding hydrogens is 158 g/mol. The molecule has 0 rings (SSSR count). The Bertz CT molecular complexity index is 159. The predicted octanol–water partition coefficient (Wildman–Crippen LogP) is 0.287. The number of rotatable bonds is 0. The fraction of sp³-hybridized carbons (Fsp3) is 1.00. The van der Waals surface area contributed by atoms with Gasteiger partial charge >= 0.3 is 0 Å². The van der Waals surface area contributed by atoms with Gasteiger partial charge in [0.2, 0.25) is 0 Å². The summed E-state index contributed by atoms with van der Waals surface area (Å²) in [5.41, 5.74) is 0. The molecule has 0 spiro atoms. The van der Waals surface area contributed by atoms with Crippen LogP contribution in [0.15, 0.2) is 0 Å². The van der Waals surface area contributed by atoms with Crippen molar-refractivity contribution in [3.05, 3.63) is 0 Å². The molecule has 0 fully saturated rings. The molecule has 5 heteroatoms. The van der Waals surface area contributed by atoms with E-state index in [-0.39, 0.29) is 0 Å². The second-order valence-corrected chi connectivity index (χ2v) is 5.92. The van der Waals surface area contributed by atoms with Crippen molar-refractivity contribution in [2.24, 2.45) is 0 Å². The van der Waals surface area contributed by atoms with E-state index in [4.69, 9.17) is 4.78 Å². The topological polar surface area (TPSA) is 58.0 Å². The van der Waals surface area contributed by atoms with Gasteiger partial charge in [-0.2, -0.15) is 0 Å². The summed E-state index contributed by atoms with van der Waals surface area (Å²) < 4.78 is 25.9. The standard InChI is InChI=1S/C2H7NOS.C2H6OS/c1-5(2,3)4;1-4(2)3/h3H,1-2H3;1-2H3. The highest BCUT2D eigenvalue weighted by molar-refractivity contribution is 7.91. The summed E-state index contributed by atoms with van der Waals surface area (Å²) in [6.45, 7) is 0. The van der Waals surface area contributed by atoms with Crippen LogP contribution in [0.3, 0.4) is 0 Å². The third kappa shape index (κ3) is 30100. The normalized spacial score (nSPS) is 10.3. The van der Waals surface area contributed by atoms with Crippen LogP contribution < -0.4 is 0 Å². The van der Waals surface area contributed by atoms with Crippen molar-refractivity contribution in [2.75, 3.05) is 25.0 Å². The van der Waals surface area contributed by atoms with Crippen molar-refractivity contribution >= 4 is 20.5 Å². The average Bonchev–Trinajstić information content (AvgIpc) is 1.19. The highest BCUT2D eigenvalue weighted by Gasteiger charge is 1.72. The first-order valence-corrected chi connectivity index (χ1v) is 6.51. The minimum atomic E-state index is -2.17. The van der Waals surface area contributed by atoms with Gasteiger partial charge in [-0.05, 0) is 0 Å². The van der Waals surface area contributed by atoms with Gasteiger partial charge in [0.25, 0.3) is 0 Å². The lowest BCUT2D eigenvalue weighted by Gasteiger charge is -1.75. The molecule has 0 aromatic heterocycles. The van der Waals surface area contributed by atoms with Crippen LogP contribution in [0.2, 0.25) is 0 Å². The molecule has 0 atom stereocenters. The van der Waals surface area contributed by atoms with E-state index in [2.05, 4.69) is 0 Å². The molecule has 0 bridgehead atoms. The number of hydrogen-bond donors (Lipinski definition) is 1. The minimum Gasteiger partial charge on any atom is -0.260 e. The van der Waals surface area contributed by atoms with Gasteiger partial charge in [0.05, 0.1) is 0 Å². The van der Waals surface area contributed by atoms with Gasteiger partial charge < -0.3 is 0 Å². The molecule has 0 heterocycles. The van der Waals surface area contributed by atoms with Crippen molar-refractivity contribution in [3.63, 3.8) is 0 Å². The molecule has 3 nitrogen and oxygen atoms in total. The van der Waals surface area contributed by atoms with Crippen molar-refractivity contribution in [3.8, 4) is 0 Å². The van der Waals surface area contributed by atoms with Gasteiger partial charge in [-0.3, -0.25) is 13.2 Å². The highest BCUT2D eigenvalue weighted by atomic mass is 32.2. The van der Waals surface area contributed by atoms with Crippen LogP contribution in [0.25, 0.3) is 0 Å². The SMILES string of the molecule is CS(C)(=N)=O.CS(C)=O. The van der Waals surface area contributed by atoms with Gasteiger partial charge in [-0.1, -0.05) is 0 Å². The lowest BCUT2D eigenvalue weighted by atomic mass is 11.9. The molecule has 0 aliphatic rings. The Hall–Kier alpha value is 0.1000. The molecule has 0 saturated heterocycles. The average molecular weight is 171 g/mol. The summed E-state index contributed by atoms with van der Waals surface area (Å²) in [5, 5.41) is 0. The van der Waals surface area contributed by atoms with E-state index in [1.54, 1.807) is 12.5 Å². The van der Waals surface area contributed by atoms with Crippen LogP contribution in [-0.4, -0.2) is 33.4 Å². The molecule has 1 N–H and O–H groups in total. The second kappa shape index (κ2) is 4.93. The van der Waals surface area contributed by atoms with Gasteiger partial charge in [-0.25, -0.2) is 0 Å². The zero-order valence-corrected chi connectivity index (χ0v) is 7.77. The van der Waals surface area contributed by atoms with Crippen LogP contribution in [0, 0.1) is 4.78 Å². The van der Waals surface area contributed by atoms with Gasteiger partial charge in [0.1, 0.15) is 0 Å². The molecule has 0 aliphatic carbocycles. The van der Waals surface area contributed by atoms with E-state index >= 15 is 0 Å². The zero-order chi connectivity index (χ0) is 8.08. The quantitative estimate of drug-likeness (QED) is 0.569. The third-order valence-electron chi connectivity index (χ3n) is 0. The Morgan fingerprint density at radius 2 is 1.33 bits per heavy atom. The monoisotopic (exact) mass is 171 g/mol. The lowest BCUT2D eigenvalue weighted by Crippen LogP contribution is -1.83. The van der Waals surface area contributed by atoms with Crippen LogP contribution in [0.4, 0.5) is 0 Å². The zero-order valence-electron chi connectivity index (χ0n) is 6.13. The number of hydrogen-bond acceptors (Lipinski definition) is 3. The molecule has 58 valence electrons. The Balaban J connectivity index is 0. The molecule has 0 unspecified atom stereocenters. The fourth-order valence-corrected chi connectivity index (χ4v) is 0. The maximum Gasteiger partial charge on any atom is 0.0383 e. The molecule has 0 aromatic rings. The van der Waals surface area contributed by atoms with E-state index in [1.807, 2.05) is 0 Å². The van der Waals surface area contributed by atoms with E-state index in [0.29, 0.717) is 0 Å². The summed E-state index contributed by atoms with van der Waals surface area (Å²) in [7, 11) is -2.78. The van der Waals surface area contributed by atoms with E-state index in [1.165, 1.54) is 12.5 Å². The smallest absolute Gasteiger partial charge is 0.0383 e. The first-order valence-electron chi connectivity index (χ1n) is 2.17. The van der Waals surface area contributed by atoms with Gasteiger partial charge in [0.15, 0.2) is 0 Å². The maximum atomic E-state index is 9.85. The Morgan fingerprint density at radius 3 is 1.33 bits per heavy atom. The van der Waals surface area contributed by atoms with E-state index < -0.39 is 20.5 Å². The van der Waals surface area contributed by atoms with Crippen LogP contribution in [-0.2, 0) is 20.5 Å². The fourth-order valence-electron chi connectivity index (χ4n) is 0. The Morgan fingerprint density at radius 1 is 1.33 bits per heavy atom. The van der Waals surface area contributed by atoms with Crippen molar-refractivity contribution in [1.82, 2.24) is 0 Å². The summed E-state index contributed by atoms with van der Waals surface area (Å²) in [5.74, 6) is 0. The van der Waals surface area contributed by atoms with Gasteiger partial charge in [0, 0.05) is 45.6 Å². The number of nitrogens with one attached hydrogen (secondary N) is 1. The second-order valence-electron chi connectivity index (χ2n) is 1.97. The highest BCUT2D eigenvalue weighted by Crippen LogP contribution is 1.65. The van der Waals surface area contributed by atoms with Crippen molar-refractivity contribution < 1.29 is 8.42 Å². The van der Waals surface area contributed by atoms with Crippen molar-refractivity contribution in [2.45, 2.75) is 0 Å². The molecule has 0 amide bonds. The molecule has 0 aromatic carbocycles. The predicted molar refractivity (Wildman–Crippen MR) is 42.7 cm³/mol. The molecule has 9 heavy (non-hydrogen) atoms. The van der Waals surface area contributed by atoms with Gasteiger partial charge in [-0.15, -0.1) is 0 Å². The molecule has 0 aliphatic heterocycles. The molecular formula is C4H13NO2S2. The largest absolute Gasteiger partial charge is 0.260 e. The van der Waals surface area contributed by atoms with Crippen LogP contribution in [0.5, 0.6) is 0 Å². The lowest BCUT2D eigenvalue weighted by molar-refractivity contribution is 0.682. The third-order valence-corrected chi connectivity index (χ3v) is 0. The molecule has 0 saturated carbocycles.